The number of carbonyl (C=O) groups is 2. The Labute approximate surface area is 172 Å². The first-order valence-corrected chi connectivity index (χ1v) is 9.33. The molecular weight excluding hydrogens is 383 g/mol. The highest BCUT2D eigenvalue weighted by molar-refractivity contribution is 6.05. The predicted molar refractivity (Wildman–Crippen MR) is 115 cm³/mol. The minimum absolute atomic E-state index is 0.152. The van der Waals surface area contributed by atoms with E-state index in [1.165, 1.54) is 19.1 Å². The third-order valence-electron chi connectivity index (χ3n) is 4.72. The molecule has 0 fully saturated rings. The van der Waals surface area contributed by atoms with Gasteiger partial charge in [0.1, 0.15) is 11.6 Å². The molecule has 3 aromatic carbocycles. The molecule has 0 unspecified atom stereocenters. The van der Waals surface area contributed by atoms with Crippen molar-refractivity contribution in [2.45, 2.75) is 6.92 Å². The average molecular weight is 402 g/mol. The van der Waals surface area contributed by atoms with Gasteiger partial charge in [-0.05, 0) is 54.6 Å². The summed E-state index contributed by atoms with van der Waals surface area (Å²) in [7, 11) is 1.95. The van der Waals surface area contributed by atoms with Crippen LogP contribution >= 0.6 is 0 Å². The highest BCUT2D eigenvalue weighted by Gasteiger charge is 2.14. The van der Waals surface area contributed by atoms with Gasteiger partial charge in [-0.2, -0.15) is 0 Å². The summed E-state index contributed by atoms with van der Waals surface area (Å²) >= 11 is 0. The maximum absolute atomic E-state index is 14.1. The maximum atomic E-state index is 14.1. The van der Waals surface area contributed by atoms with Crippen LogP contribution in [0.15, 0.2) is 66.7 Å². The molecule has 0 bridgehead atoms. The lowest BCUT2D eigenvalue weighted by Gasteiger charge is -2.09. The molecule has 1 aromatic heterocycles. The van der Waals surface area contributed by atoms with Crippen LogP contribution in [0.2, 0.25) is 0 Å². The number of para-hydroxylation sites is 2. The standard InChI is InChI=1S/C23H19FN4O2/c1-14(29)25-17-11-12-19(24)18(13-17)23(30)26-16-9-7-15(8-10-16)22-27-20-5-3-4-6-21(20)28(22)2/h3-13H,1-2H3,(H,25,29)(H,26,30). The first kappa shape index (κ1) is 19.3. The summed E-state index contributed by atoms with van der Waals surface area (Å²) in [5, 5.41) is 5.22. The molecule has 0 saturated heterocycles. The van der Waals surface area contributed by atoms with Crippen LogP contribution in [0.3, 0.4) is 0 Å². The van der Waals surface area contributed by atoms with Crippen molar-refractivity contribution in [2.24, 2.45) is 7.05 Å². The molecule has 4 aromatic rings. The first-order chi connectivity index (χ1) is 14.4. The topological polar surface area (TPSA) is 76.0 Å². The van der Waals surface area contributed by atoms with Crippen molar-refractivity contribution in [3.63, 3.8) is 0 Å². The summed E-state index contributed by atoms with van der Waals surface area (Å²) in [6, 6.07) is 18.9. The van der Waals surface area contributed by atoms with E-state index in [4.69, 9.17) is 0 Å². The van der Waals surface area contributed by atoms with Gasteiger partial charge >= 0.3 is 0 Å². The first-order valence-electron chi connectivity index (χ1n) is 9.33. The van der Waals surface area contributed by atoms with Crippen molar-refractivity contribution in [1.29, 1.82) is 0 Å². The molecule has 2 amide bonds. The number of amides is 2. The van der Waals surface area contributed by atoms with Crippen molar-refractivity contribution < 1.29 is 14.0 Å². The fourth-order valence-corrected chi connectivity index (χ4v) is 3.29. The van der Waals surface area contributed by atoms with Crippen LogP contribution in [-0.4, -0.2) is 21.4 Å². The van der Waals surface area contributed by atoms with Gasteiger partial charge in [0.15, 0.2) is 0 Å². The number of aromatic nitrogens is 2. The minimum Gasteiger partial charge on any atom is -0.327 e. The number of nitrogens with one attached hydrogen (secondary N) is 2. The highest BCUT2D eigenvalue weighted by atomic mass is 19.1. The number of nitrogens with zero attached hydrogens (tertiary/aromatic N) is 2. The Bertz CT molecular complexity index is 1260. The van der Waals surface area contributed by atoms with Crippen LogP contribution in [0.1, 0.15) is 17.3 Å². The lowest BCUT2D eigenvalue weighted by atomic mass is 10.1. The molecule has 0 radical (unpaired) electrons. The minimum atomic E-state index is -0.669. The number of benzene rings is 3. The summed E-state index contributed by atoms with van der Waals surface area (Å²) in [4.78, 5) is 28.4. The van der Waals surface area contributed by atoms with Crippen LogP contribution in [-0.2, 0) is 11.8 Å². The Morgan fingerprint density at radius 3 is 2.33 bits per heavy atom. The van der Waals surface area contributed by atoms with E-state index in [9.17, 15) is 14.0 Å². The molecule has 2 N–H and O–H groups in total. The molecule has 0 atom stereocenters. The largest absolute Gasteiger partial charge is 0.327 e. The van der Waals surface area contributed by atoms with E-state index in [1.54, 1.807) is 12.1 Å². The molecule has 0 spiro atoms. The Morgan fingerprint density at radius 1 is 0.933 bits per heavy atom. The second-order valence-corrected chi connectivity index (χ2v) is 6.89. The third kappa shape index (κ3) is 3.77. The smallest absolute Gasteiger partial charge is 0.258 e. The lowest BCUT2D eigenvalue weighted by Crippen LogP contribution is -2.15. The van der Waals surface area contributed by atoms with E-state index in [1.807, 2.05) is 48.0 Å². The van der Waals surface area contributed by atoms with Gasteiger partial charge in [0.05, 0.1) is 16.6 Å². The third-order valence-corrected chi connectivity index (χ3v) is 4.72. The average Bonchev–Trinajstić information content (AvgIpc) is 3.06. The van der Waals surface area contributed by atoms with E-state index >= 15 is 0 Å². The molecule has 1 heterocycles. The number of fused-ring (bicyclic) bond motifs is 1. The molecule has 4 rings (SSSR count). The van der Waals surface area contributed by atoms with Crippen LogP contribution in [0, 0.1) is 5.82 Å². The number of imidazole rings is 1. The lowest BCUT2D eigenvalue weighted by molar-refractivity contribution is -0.114. The molecule has 0 aliphatic rings. The maximum Gasteiger partial charge on any atom is 0.258 e. The Morgan fingerprint density at radius 2 is 1.63 bits per heavy atom. The van der Waals surface area contributed by atoms with Crippen molar-refractivity contribution in [3.8, 4) is 11.4 Å². The zero-order valence-electron chi connectivity index (χ0n) is 16.4. The van der Waals surface area contributed by atoms with Gasteiger partial charge in [-0.1, -0.05) is 12.1 Å². The summed E-state index contributed by atoms with van der Waals surface area (Å²) < 4.78 is 16.1. The predicted octanol–water partition coefficient (Wildman–Crippen LogP) is 4.59. The van der Waals surface area contributed by atoms with Crippen LogP contribution in [0.4, 0.5) is 15.8 Å². The van der Waals surface area contributed by atoms with Crippen LogP contribution < -0.4 is 10.6 Å². The van der Waals surface area contributed by atoms with Crippen molar-refractivity contribution >= 4 is 34.2 Å². The fourth-order valence-electron chi connectivity index (χ4n) is 3.29. The number of hydrogen-bond donors (Lipinski definition) is 2. The molecule has 7 heteroatoms. The summed E-state index contributed by atoms with van der Waals surface area (Å²) in [5.41, 5.74) is 3.55. The number of hydrogen-bond acceptors (Lipinski definition) is 3. The van der Waals surface area contributed by atoms with E-state index in [2.05, 4.69) is 15.6 Å². The Hall–Kier alpha value is -4.00. The van der Waals surface area contributed by atoms with Gasteiger partial charge < -0.3 is 15.2 Å². The van der Waals surface area contributed by atoms with E-state index in [-0.39, 0.29) is 11.5 Å². The van der Waals surface area contributed by atoms with E-state index < -0.39 is 11.7 Å². The SMILES string of the molecule is CC(=O)Nc1ccc(F)c(C(=O)Nc2ccc(-c3nc4ccccc4n3C)cc2)c1. The molecule has 30 heavy (non-hydrogen) atoms. The van der Waals surface area contributed by atoms with E-state index in [0.29, 0.717) is 11.4 Å². The summed E-state index contributed by atoms with van der Waals surface area (Å²) in [5.74, 6) is -0.762. The fraction of sp³-hybridized carbons (Fsp3) is 0.0870. The van der Waals surface area contributed by atoms with Crippen molar-refractivity contribution in [2.75, 3.05) is 10.6 Å². The van der Waals surface area contributed by atoms with Gasteiger partial charge in [-0.25, -0.2) is 9.37 Å². The number of aryl methyl sites for hydroxylation is 1. The molecular formula is C23H19FN4O2. The van der Waals surface area contributed by atoms with Gasteiger partial charge in [-0.3, -0.25) is 9.59 Å². The van der Waals surface area contributed by atoms with Gasteiger partial charge in [-0.15, -0.1) is 0 Å². The molecule has 0 saturated carbocycles. The molecule has 6 nitrogen and oxygen atoms in total. The van der Waals surface area contributed by atoms with Crippen molar-refractivity contribution in [3.05, 3.63) is 78.1 Å². The second kappa shape index (κ2) is 7.79. The van der Waals surface area contributed by atoms with Gasteiger partial charge in [0.2, 0.25) is 5.91 Å². The monoisotopic (exact) mass is 402 g/mol. The quantitative estimate of drug-likeness (QED) is 0.524. The second-order valence-electron chi connectivity index (χ2n) is 6.89. The van der Waals surface area contributed by atoms with E-state index in [0.717, 1.165) is 28.5 Å². The van der Waals surface area contributed by atoms with Gasteiger partial charge in [0, 0.05) is 30.9 Å². The van der Waals surface area contributed by atoms with Crippen LogP contribution in [0.5, 0.6) is 0 Å². The zero-order chi connectivity index (χ0) is 21.3. The Balaban J connectivity index is 1.56. The number of anilines is 2. The highest BCUT2D eigenvalue weighted by Crippen LogP contribution is 2.25. The normalized spacial score (nSPS) is 10.8. The Kier molecular flexibility index (Phi) is 5.02. The van der Waals surface area contributed by atoms with Crippen molar-refractivity contribution in [1.82, 2.24) is 9.55 Å². The summed E-state index contributed by atoms with van der Waals surface area (Å²) in [6.45, 7) is 1.34. The van der Waals surface area contributed by atoms with Gasteiger partial charge in [0.25, 0.3) is 5.91 Å². The number of rotatable bonds is 4. The summed E-state index contributed by atoms with van der Waals surface area (Å²) in [6.07, 6.45) is 0. The number of halogens is 1. The van der Waals surface area contributed by atoms with Crippen LogP contribution in [0.25, 0.3) is 22.4 Å². The molecule has 0 aliphatic carbocycles. The number of carbonyl (C=O) groups excluding carboxylic acids is 2. The molecule has 150 valence electrons. The molecule has 0 aliphatic heterocycles. The zero-order valence-corrected chi connectivity index (χ0v) is 16.4.